The predicted molar refractivity (Wildman–Crippen MR) is 325 cm³/mol. The Bertz CT molecular complexity index is 2220. The number of carbonyl (C=O) groups excluding carboxylic acids is 11. The molecule has 0 saturated carbocycles. The third kappa shape index (κ3) is 43.4. The molecule has 0 fully saturated rings. The summed E-state index contributed by atoms with van der Waals surface area (Å²) in [7, 11) is 13.6. The maximum absolute atomic E-state index is 13.0. The summed E-state index contributed by atoms with van der Waals surface area (Å²) in [6.45, 7) is 4.50. The number of azide groups is 1. The van der Waals surface area contributed by atoms with Crippen LogP contribution in [0.3, 0.4) is 0 Å². The summed E-state index contributed by atoms with van der Waals surface area (Å²) in [6, 6.07) is 0. The van der Waals surface area contributed by atoms with Crippen LogP contribution in [0.5, 0.6) is 0 Å². The van der Waals surface area contributed by atoms with E-state index in [0.29, 0.717) is 125 Å². The van der Waals surface area contributed by atoms with Gasteiger partial charge in [0.1, 0.15) is 0 Å². The van der Waals surface area contributed by atoms with Gasteiger partial charge >= 0.3 is 0 Å². The average Bonchev–Trinajstić information content (AvgIpc) is 3.29. The lowest BCUT2D eigenvalue weighted by Gasteiger charge is -2.27. The van der Waals surface area contributed by atoms with Gasteiger partial charge in [-0.3, -0.25) is 52.7 Å². The standard InChI is InChI=1S/C55H101N15O21/c1-61(35-45(71)58-13-15-82-17-19-84-21-23-86-25-27-88-29-31-90-33-34-91-32-30-89-28-26-87-24-22-85-20-18-83-16-14-59-60-57)47(73)37-63(3)49(75)39-65(5)51(77)41-67(7)53(79)43-69(9)55(81)44-70(10)54(80)42-68(8)52(78)40-66(6)50(76)38-64(4)48(74)36-62(2)46(72)11-12-56/h11-44,56H2,1-10H3,(H,58,71). The van der Waals surface area contributed by atoms with Crippen molar-refractivity contribution in [3.63, 3.8) is 0 Å². The van der Waals surface area contributed by atoms with Crippen LogP contribution in [0.25, 0.3) is 10.4 Å². The SMILES string of the molecule is CN(CC(=O)NCCOCCOCCOCCOCCOCCOCCOCCOCCOCCOCCN=[N+]=[N-])C(=O)CN(C)C(=O)CN(C)C(=O)CN(C)C(=O)CN(C)C(=O)CN(C)C(=O)CN(C)C(=O)CN(C)C(=O)CN(C)C(=O)CN(C)C(=O)CCN. The lowest BCUT2D eigenvalue weighted by atomic mass is 10.3. The number of carbonyl (C=O) groups is 11. The summed E-state index contributed by atoms with van der Waals surface area (Å²) >= 11 is 0. The van der Waals surface area contributed by atoms with Crippen molar-refractivity contribution in [2.24, 2.45) is 10.8 Å². The number of amides is 11. The van der Waals surface area contributed by atoms with Crippen molar-refractivity contribution in [3.8, 4) is 0 Å². The summed E-state index contributed by atoms with van der Waals surface area (Å²) in [6.07, 6.45) is 0.0616. The Balaban J connectivity index is 4.17. The van der Waals surface area contributed by atoms with Crippen LogP contribution < -0.4 is 11.1 Å². The molecule has 0 radical (unpaired) electrons. The zero-order chi connectivity index (χ0) is 68.4. The Morgan fingerprint density at radius 1 is 0.308 bits per heavy atom. The lowest BCUT2D eigenvalue weighted by molar-refractivity contribution is -0.146. The quantitative estimate of drug-likeness (QED) is 0.0248. The van der Waals surface area contributed by atoms with Gasteiger partial charge in [0.15, 0.2) is 0 Å². The van der Waals surface area contributed by atoms with E-state index in [1.807, 2.05) is 0 Å². The van der Waals surface area contributed by atoms with Crippen molar-refractivity contribution in [2.75, 3.05) is 288 Å². The van der Waals surface area contributed by atoms with Crippen LogP contribution in [0.15, 0.2) is 5.11 Å². The number of hydrogen-bond donors (Lipinski definition) is 2. The molecule has 0 unspecified atom stereocenters. The highest BCUT2D eigenvalue weighted by Gasteiger charge is 2.27. The highest BCUT2D eigenvalue weighted by atomic mass is 16.6. The Morgan fingerprint density at radius 3 is 0.703 bits per heavy atom. The molecule has 0 aromatic rings. The fourth-order valence-corrected chi connectivity index (χ4v) is 6.87. The lowest BCUT2D eigenvalue weighted by Crippen LogP contribution is -2.49. The number of hydrogen-bond acceptors (Lipinski definition) is 23. The molecule has 0 bridgehead atoms. The van der Waals surface area contributed by atoms with E-state index in [4.69, 9.17) is 58.6 Å². The molecule has 522 valence electrons. The van der Waals surface area contributed by atoms with E-state index in [-0.39, 0.29) is 64.8 Å². The second kappa shape index (κ2) is 52.6. The van der Waals surface area contributed by atoms with Crippen molar-refractivity contribution >= 4 is 65.0 Å². The first-order chi connectivity index (χ1) is 43.4. The molecular weight excluding hydrogens is 1210 g/mol. The third-order valence-corrected chi connectivity index (χ3v) is 12.7. The number of rotatable bonds is 55. The van der Waals surface area contributed by atoms with Crippen LogP contribution in [0.2, 0.25) is 0 Å². The largest absolute Gasteiger partial charge is 0.379 e. The van der Waals surface area contributed by atoms with Gasteiger partial charge in [-0.1, -0.05) is 5.11 Å². The first-order valence-corrected chi connectivity index (χ1v) is 29.5. The van der Waals surface area contributed by atoms with E-state index in [0.717, 1.165) is 44.1 Å². The number of nitrogens with zero attached hydrogens (tertiary/aromatic N) is 13. The van der Waals surface area contributed by atoms with Gasteiger partial charge in [-0.15, -0.1) is 0 Å². The molecular formula is C55H101N15O21. The van der Waals surface area contributed by atoms with Crippen LogP contribution >= 0.6 is 0 Å². The van der Waals surface area contributed by atoms with Crippen LogP contribution in [0, 0.1) is 0 Å². The van der Waals surface area contributed by atoms with Crippen molar-refractivity contribution < 1.29 is 100 Å². The first kappa shape index (κ1) is 84.0. The summed E-state index contributed by atoms with van der Waals surface area (Å²) in [5.74, 6) is -6.13. The third-order valence-electron chi connectivity index (χ3n) is 12.7. The van der Waals surface area contributed by atoms with Gasteiger partial charge in [0.25, 0.3) is 0 Å². The summed E-state index contributed by atoms with van der Waals surface area (Å²) in [5.41, 5.74) is 13.6. The highest BCUT2D eigenvalue weighted by Crippen LogP contribution is 2.02. The van der Waals surface area contributed by atoms with Gasteiger partial charge < -0.3 is 107 Å². The Labute approximate surface area is 533 Å². The molecule has 0 aliphatic carbocycles. The fraction of sp³-hybridized carbons (Fsp3) is 0.800. The summed E-state index contributed by atoms with van der Waals surface area (Å²) in [4.78, 5) is 154. The molecule has 0 aromatic heterocycles. The van der Waals surface area contributed by atoms with Crippen LogP contribution in [-0.4, -0.2) is 402 Å². The van der Waals surface area contributed by atoms with Crippen molar-refractivity contribution in [3.05, 3.63) is 10.4 Å². The molecule has 36 heteroatoms. The zero-order valence-electron chi connectivity index (χ0n) is 55.0. The average molecular weight is 1310 g/mol. The van der Waals surface area contributed by atoms with Crippen LogP contribution in [0.4, 0.5) is 0 Å². The van der Waals surface area contributed by atoms with E-state index >= 15 is 0 Å². The van der Waals surface area contributed by atoms with Crippen LogP contribution in [-0.2, 0) is 100 Å². The number of nitrogens with one attached hydrogen (secondary N) is 1. The smallest absolute Gasteiger partial charge is 0.242 e. The zero-order valence-corrected chi connectivity index (χ0v) is 55.0. The molecule has 0 aliphatic rings. The number of likely N-dealkylation sites (N-methyl/N-ethyl adjacent to an activating group) is 10. The molecule has 0 atom stereocenters. The minimum Gasteiger partial charge on any atom is -0.379 e. The number of nitrogens with two attached hydrogens (primary N) is 1. The van der Waals surface area contributed by atoms with Crippen molar-refractivity contribution in [2.45, 2.75) is 6.42 Å². The molecule has 0 heterocycles. The maximum Gasteiger partial charge on any atom is 0.242 e. The van der Waals surface area contributed by atoms with E-state index < -0.39 is 98.3 Å². The van der Waals surface area contributed by atoms with Gasteiger partial charge in [-0.25, -0.2) is 0 Å². The van der Waals surface area contributed by atoms with Gasteiger partial charge in [0.2, 0.25) is 65.0 Å². The molecule has 3 N–H and O–H groups in total. The molecule has 0 rings (SSSR count). The molecule has 11 amide bonds. The first-order valence-electron chi connectivity index (χ1n) is 29.5. The topological polar surface area (TPSA) is 399 Å². The van der Waals surface area contributed by atoms with Crippen LogP contribution in [0.1, 0.15) is 6.42 Å². The van der Waals surface area contributed by atoms with E-state index in [2.05, 4.69) is 15.3 Å². The van der Waals surface area contributed by atoms with Crippen molar-refractivity contribution in [1.29, 1.82) is 0 Å². The molecule has 0 aromatic carbocycles. The summed E-state index contributed by atoms with van der Waals surface area (Å²) < 4.78 is 54.4. The number of ether oxygens (including phenoxy) is 10. The maximum atomic E-state index is 13.0. The predicted octanol–water partition coefficient (Wildman–Crippen LogP) is -5.49. The van der Waals surface area contributed by atoms with Gasteiger partial charge in [0, 0.05) is 101 Å². The second-order valence-corrected chi connectivity index (χ2v) is 20.5. The Kier molecular flexibility index (Phi) is 48.6. The van der Waals surface area contributed by atoms with Gasteiger partial charge in [-0.2, -0.15) is 0 Å². The van der Waals surface area contributed by atoms with E-state index in [1.165, 1.54) is 75.4 Å². The Morgan fingerprint density at radius 2 is 0.495 bits per heavy atom. The Hall–Kier alpha value is -6.96. The van der Waals surface area contributed by atoms with E-state index in [9.17, 15) is 52.7 Å². The monoisotopic (exact) mass is 1310 g/mol. The van der Waals surface area contributed by atoms with E-state index in [1.54, 1.807) is 0 Å². The molecule has 91 heavy (non-hydrogen) atoms. The second-order valence-electron chi connectivity index (χ2n) is 20.5. The van der Waals surface area contributed by atoms with Gasteiger partial charge in [0.05, 0.1) is 198 Å². The fourth-order valence-electron chi connectivity index (χ4n) is 6.87. The molecule has 0 saturated heterocycles. The summed E-state index contributed by atoms with van der Waals surface area (Å²) in [5, 5.41) is 6.02. The van der Waals surface area contributed by atoms with Gasteiger partial charge in [-0.05, 0) is 5.53 Å². The minimum absolute atomic E-state index is 0.0616. The molecule has 36 nitrogen and oxygen atoms in total. The molecule has 0 aliphatic heterocycles. The highest BCUT2D eigenvalue weighted by molar-refractivity contribution is 5.94. The normalized spacial score (nSPS) is 10.8. The molecule has 0 spiro atoms. The van der Waals surface area contributed by atoms with Crippen molar-refractivity contribution in [1.82, 2.24) is 54.3 Å². The minimum atomic E-state index is -0.635.